The van der Waals surface area contributed by atoms with E-state index in [0.29, 0.717) is 0 Å². The van der Waals surface area contributed by atoms with E-state index in [-0.39, 0.29) is 13.0 Å². The van der Waals surface area contributed by atoms with Crippen LogP contribution in [0, 0.1) is 0 Å². The van der Waals surface area contributed by atoms with Crippen molar-refractivity contribution in [2.45, 2.75) is 18.0 Å². The Hall–Kier alpha value is 0.0500. The Bertz CT molecular complexity index is 154. The van der Waals surface area contributed by atoms with Crippen LogP contribution in [0.1, 0.15) is 6.42 Å². The second-order valence-electron chi connectivity index (χ2n) is 2.29. The molecule has 0 aliphatic heterocycles. The minimum Gasteiger partial charge on any atom is -0.395 e. The van der Waals surface area contributed by atoms with Crippen LogP contribution in [0.15, 0.2) is 0 Å². The number of rotatable bonds is 6. The maximum absolute atomic E-state index is 10.6. The third-order valence-corrected chi connectivity index (χ3v) is 1.67. The Morgan fingerprint density at radius 3 is 2.62 bits per heavy atom. The van der Waals surface area contributed by atoms with Crippen molar-refractivity contribution in [2.75, 3.05) is 13.2 Å². The number of carbonyl (C=O) groups is 1. The van der Waals surface area contributed by atoms with E-state index in [1.807, 2.05) is 0 Å². The van der Waals surface area contributed by atoms with E-state index >= 15 is 0 Å². The minimum absolute atomic E-state index is 0.0647. The molecule has 0 aromatic rings. The lowest BCUT2D eigenvalue weighted by Gasteiger charge is -2.12. The van der Waals surface area contributed by atoms with Crippen molar-refractivity contribution in [1.82, 2.24) is 0 Å². The molecule has 0 amide bonds. The van der Waals surface area contributed by atoms with E-state index in [1.54, 1.807) is 0 Å². The zero-order valence-corrected chi connectivity index (χ0v) is 8.58. The third kappa shape index (κ3) is 7.15. The normalized spacial score (nSPS) is 15.1. The standard InChI is InChI=1S/C6H12O5S2/c7-2-4(8)3-10-6(12)1-5(9)11-13/h4,6-8,12-13H,1-3H2. The average Bonchev–Trinajstić information content (AvgIpc) is 2.13. The molecule has 0 aliphatic carbocycles. The summed E-state index contributed by atoms with van der Waals surface area (Å²) < 4.78 is 8.96. The van der Waals surface area contributed by atoms with Gasteiger partial charge in [0, 0.05) is 12.9 Å². The van der Waals surface area contributed by atoms with Crippen LogP contribution in [0.3, 0.4) is 0 Å². The predicted octanol–water partition coefficient (Wildman–Crippen LogP) is -0.610. The molecule has 7 heteroatoms. The average molecular weight is 228 g/mol. The highest BCUT2D eigenvalue weighted by Crippen LogP contribution is 2.06. The highest BCUT2D eigenvalue weighted by Gasteiger charge is 2.12. The summed E-state index contributed by atoms with van der Waals surface area (Å²) in [5.41, 5.74) is -0.666. The van der Waals surface area contributed by atoms with Gasteiger partial charge in [0.15, 0.2) is 0 Å². The highest BCUT2D eigenvalue weighted by atomic mass is 32.1. The molecule has 0 saturated heterocycles. The molecule has 0 aromatic heterocycles. The second kappa shape index (κ2) is 7.45. The Morgan fingerprint density at radius 2 is 2.15 bits per heavy atom. The van der Waals surface area contributed by atoms with Gasteiger partial charge >= 0.3 is 5.97 Å². The zero-order chi connectivity index (χ0) is 10.3. The van der Waals surface area contributed by atoms with Crippen molar-refractivity contribution in [3.8, 4) is 0 Å². The monoisotopic (exact) mass is 228 g/mol. The SMILES string of the molecule is O=C(CC(S)OCC(O)CO)OS. The first-order valence-electron chi connectivity index (χ1n) is 3.53. The molecule has 0 aliphatic rings. The summed E-state index contributed by atoms with van der Waals surface area (Å²) in [4.78, 5) is 10.6. The number of aliphatic hydroxyl groups excluding tert-OH is 2. The first kappa shape index (κ1) is 13.1. The van der Waals surface area contributed by atoms with Crippen molar-refractivity contribution in [3.05, 3.63) is 0 Å². The first-order valence-corrected chi connectivity index (χ1v) is 4.41. The fourth-order valence-electron chi connectivity index (χ4n) is 0.514. The number of hydrogen-bond acceptors (Lipinski definition) is 7. The molecule has 0 spiro atoms. The van der Waals surface area contributed by atoms with Crippen LogP contribution in [0.2, 0.25) is 0 Å². The second-order valence-corrected chi connectivity index (χ2v) is 3.05. The van der Waals surface area contributed by atoms with Crippen molar-refractivity contribution in [2.24, 2.45) is 0 Å². The largest absolute Gasteiger partial charge is 0.395 e. The lowest BCUT2D eigenvalue weighted by molar-refractivity contribution is -0.134. The molecule has 0 heterocycles. The van der Waals surface area contributed by atoms with E-state index in [1.165, 1.54) is 0 Å². The molecule has 0 radical (unpaired) electrons. The van der Waals surface area contributed by atoms with Gasteiger partial charge in [-0.25, -0.2) is 0 Å². The van der Waals surface area contributed by atoms with Crippen LogP contribution in [0.5, 0.6) is 0 Å². The van der Waals surface area contributed by atoms with E-state index in [4.69, 9.17) is 14.9 Å². The zero-order valence-electron chi connectivity index (χ0n) is 6.79. The predicted molar refractivity (Wildman–Crippen MR) is 51.5 cm³/mol. The minimum atomic E-state index is -0.957. The van der Waals surface area contributed by atoms with E-state index in [9.17, 15) is 4.79 Å². The van der Waals surface area contributed by atoms with E-state index in [2.05, 4.69) is 29.7 Å². The summed E-state index contributed by atoms with van der Waals surface area (Å²) in [6.07, 6.45) is -1.02. The van der Waals surface area contributed by atoms with Crippen LogP contribution in [0.4, 0.5) is 0 Å². The van der Waals surface area contributed by atoms with Gasteiger partial charge in [-0.15, -0.1) is 12.6 Å². The van der Waals surface area contributed by atoms with Crippen molar-refractivity contribution in [3.63, 3.8) is 0 Å². The van der Waals surface area contributed by atoms with Crippen molar-refractivity contribution in [1.29, 1.82) is 0 Å². The van der Waals surface area contributed by atoms with Gasteiger partial charge in [0.1, 0.15) is 11.5 Å². The maximum atomic E-state index is 10.6. The number of ether oxygens (including phenoxy) is 1. The number of carbonyl (C=O) groups excluding carboxylic acids is 1. The summed E-state index contributed by atoms with van der Waals surface area (Å²) in [6.45, 7) is -0.470. The van der Waals surface area contributed by atoms with Gasteiger partial charge in [0.25, 0.3) is 0 Å². The van der Waals surface area contributed by atoms with Crippen LogP contribution < -0.4 is 0 Å². The third-order valence-electron chi connectivity index (χ3n) is 1.13. The van der Waals surface area contributed by atoms with Crippen LogP contribution >= 0.6 is 25.5 Å². The van der Waals surface area contributed by atoms with Crippen molar-refractivity contribution < 1.29 is 23.9 Å². The number of thiol groups is 2. The Kier molecular flexibility index (Phi) is 7.48. The Labute approximate surface area is 87.1 Å². The number of aliphatic hydroxyl groups is 2. The van der Waals surface area contributed by atoms with Crippen molar-refractivity contribution >= 4 is 31.5 Å². The van der Waals surface area contributed by atoms with E-state index < -0.39 is 24.1 Å². The molecule has 2 atom stereocenters. The summed E-state index contributed by atoms with van der Waals surface area (Å²) in [6, 6.07) is 0. The molecule has 0 saturated carbocycles. The lowest BCUT2D eigenvalue weighted by Crippen LogP contribution is -2.23. The molecule has 13 heavy (non-hydrogen) atoms. The summed E-state index contributed by atoms with van der Waals surface area (Å²) >= 11 is 7.18. The van der Waals surface area contributed by atoms with Gasteiger partial charge in [0.05, 0.1) is 19.6 Å². The smallest absolute Gasteiger partial charge is 0.321 e. The molecule has 0 bridgehead atoms. The summed E-state index contributed by atoms with van der Waals surface area (Å²) in [7, 11) is 0. The molecule has 0 aromatic carbocycles. The quantitative estimate of drug-likeness (QED) is 0.277. The maximum Gasteiger partial charge on any atom is 0.321 e. The molecule has 0 rings (SSSR count). The molecular formula is C6H12O5S2. The van der Waals surface area contributed by atoms with Gasteiger partial charge < -0.3 is 19.1 Å². The molecule has 0 fully saturated rings. The fraction of sp³-hybridized carbons (Fsp3) is 0.833. The van der Waals surface area contributed by atoms with E-state index in [0.717, 1.165) is 0 Å². The highest BCUT2D eigenvalue weighted by molar-refractivity contribution is 7.80. The Balaban J connectivity index is 3.50. The van der Waals surface area contributed by atoms with Gasteiger partial charge in [-0.1, -0.05) is 0 Å². The molecular weight excluding hydrogens is 216 g/mol. The molecule has 2 N–H and O–H groups in total. The summed E-state index contributed by atoms with van der Waals surface area (Å²) in [5.74, 6) is -0.568. The first-order chi connectivity index (χ1) is 6.10. The summed E-state index contributed by atoms with van der Waals surface area (Å²) in [5, 5.41) is 17.3. The van der Waals surface area contributed by atoms with Gasteiger partial charge in [-0.2, -0.15) is 0 Å². The molecule has 78 valence electrons. The van der Waals surface area contributed by atoms with Crippen LogP contribution in [-0.2, 0) is 13.7 Å². The molecule has 5 nitrogen and oxygen atoms in total. The van der Waals surface area contributed by atoms with Crippen LogP contribution in [0.25, 0.3) is 0 Å². The fourth-order valence-corrected chi connectivity index (χ4v) is 0.823. The van der Waals surface area contributed by atoms with Gasteiger partial charge in [-0.05, 0) is 0 Å². The van der Waals surface area contributed by atoms with Gasteiger partial charge in [0.2, 0.25) is 0 Å². The number of hydrogen-bond donors (Lipinski definition) is 4. The van der Waals surface area contributed by atoms with Gasteiger partial charge in [-0.3, -0.25) is 4.79 Å². The lowest BCUT2D eigenvalue weighted by atomic mass is 10.4. The van der Waals surface area contributed by atoms with Crippen LogP contribution in [-0.4, -0.2) is 40.9 Å². The molecule has 2 unspecified atom stereocenters. The topological polar surface area (TPSA) is 76.0 Å². The Morgan fingerprint density at radius 1 is 1.54 bits per heavy atom.